The van der Waals surface area contributed by atoms with E-state index in [9.17, 15) is 14.9 Å². The molecule has 1 aromatic carbocycles. The number of nitrogens with zero attached hydrogens (tertiary/aromatic N) is 1. The van der Waals surface area contributed by atoms with Gasteiger partial charge in [0.1, 0.15) is 24.0 Å². The molecule has 3 rings (SSSR count). The van der Waals surface area contributed by atoms with Crippen molar-refractivity contribution in [3.63, 3.8) is 0 Å². The van der Waals surface area contributed by atoms with Crippen LogP contribution in [-0.4, -0.2) is 32.2 Å². The van der Waals surface area contributed by atoms with Crippen LogP contribution < -0.4 is 15.8 Å². The molecule has 2 aliphatic rings. The number of methoxy groups -OCH3 is 1. The Morgan fingerprint density at radius 3 is 2.81 bits per heavy atom. The number of nitrogens with two attached hydrogens (primary N) is 1. The molecule has 8 heteroatoms. The monoisotopic (exact) mass is 355 g/mol. The number of hydrogen-bond donors (Lipinski definition) is 2. The van der Waals surface area contributed by atoms with Gasteiger partial charge in [0.25, 0.3) is 0 Å². The summed E-state index contributed by atoms with van der Waals surface area (Å²) in [6.45, 7) is 1.79. The van der Waals surface area contributed by atoms with Crippen LogP contribution in [0.5, 0.6) is 5.75 Å². The number of nitriles is 1. The van der Waals surface area contributed by atoms with E-state index in [0.29, 0.717) is 17.0 Å². The van der Waals surface area contributed by atoms with Crippen LogP contribution >= 0.6 is 0 Å². The third kappa shape index (κ3) is 2.33. The lowest BCUT2D eigenvalue weighted by molar-refractivity contribution is -0.141. The number of hydrogen-bond acceptors (Lipinski definition) is 7. The molecule has 2 aliphatic heterocycles. The van der Waals surface area contributed by atoms with Gasteiger partial charge in [-0.2, -0.15) is 5.26 Å². The first-order valence-electron chi connectivity index (χ1n) is 7.85. The summed E-state index contributed by atoms with van der Waals surface area (Å²) in [5.74, 6) is -1.20. The molecule has 3 N–H and O–H groups in total. The fourth-order valence-corrected chi connectivity index (χ4v) is 3.31. The summed E-state index contributed by atoms with van der Waals surface area (Å²) < 4.78 is 15.6. The summed E-state index contributed by atoms with van der Waals surface area (Å²) in [5.41, 5.74) is 4.74. The van der Waals surface area contributed by atoms with Gasteiger partial charge in [-0.1, -0.05) is 18.2 Å². The first-order chi connectivity index (χ1) is 12.5. The van der Waals surface area contributed by atoms with Gasteiger partial charge >= 0.3 is 5.97 Å². The first-order valence-corrected chi connectivity index (χ1v) is 7.85. The van der Waals surface area contributed by atoms with E-state index >= 15 is 0 Å². The largest absolute Gasteiger partial charge is 0.460 e. The number of amides is 1. The number of carbonyl (C=O) groups excluding carboxylic acids is 2. The minimum atomic E-state index is -1.71. The van der Waals surface area contributed by atoms with Crippen molar-refractivity contribution >= 4 is 11.9 Å². The highest BCUT2D eigenvalue weighted by molar-refractivity contribution is 6.12. The molecule has 0 saturated carbocycles. The Hall–Kier alpha value is -3.31. The third-order valence-corrected chi connectivity index (χ3v) is 4.36. The Morgan fingerprint density at radius 2 is 2.12 bits per heavy atom. The molecule has 0 aromatic heterocycles. The molecule has 0 radical (unpaired) electrons. The standard InChI is InChI=1S/C18H17N3O5/c1-10-14(16(22)25-8-7-24-2)18(17(23)21-10)11-5-3-4-6-13(11)26-15(20)12(18)9-19/h3-6H,7-8,20H2,1-2H3,(H,21,23)/t18-/m0/s1. The zero-order chi connectivity index (χ0) is 18.9. The smallest absolute Gasteiger partial charge is 0.337 e. The van der Waals surface area contributed by atoms with E-state index in [1.807, 2.05) is 6.07 Å². The Kier molecular flexibility index (Phi) is 4.40. The Bertz CT molecular complexity index is 896. The summed E-state index contributed by atoms with van der Waals surface area (Å²) in [7, 11) is 1.48. The van der Waals surface area contributed by atoms with Crippen molar-refractivity contribution in [3.05, 3.63) is 52.6 Å². The van der Waals surface area contributed by atoms with Crippen LogP contribution in [0, 0.1) is 11.3 Å². The number of para-hydroxylation sites is 1. The fourth-order valence-electron chi connectivity index (χ4n) is 3.31. The highest BCUT2D eigenvalue weighted by Gasteiger charge is 2.59. The van der Waals surface area contributed by atoms with Crippen molar-refractivity contribution in [1.29, 1.82) is 5.26 Å². The molecule has 0 saturated heterocycles. The highest BCUT2D eigenvalue weighted by Crippen LogP contribution is 2.51. The summed E-state index contributed by atoms with van der Waals surface area (Å²) in [6, 6.07) is 8.57. The molecular formula is C18H17N3O5. The lowest BCUT2D eigenvalue weighted by Crippen LogP contribution is -2.46. The average Bonchev–Trinajstić information content (AvgIpc) is 2.86. The van der Waals surface area contributed by atoms with Crippen LogP contribution in [-0.2, 0) is 24.5 Å². The second kappa shape index (κ2) is 6.54. The summed E-state index contributed by atoms with van der Waals surface area (Å²) in [4.78, 5) is 25.8. The Labute approximate surface area is 149 Å². The van der Waals surface area contributed by atoms with Crippen molar-refractivity contribution in [1.82, 2.24) is 5.32 Å². The van der Waals surface area contributed by atoms with E-state index in [4.69, 9.17) is 19.9 Å². The van der Waals surface area contributed by atoms with Crippen LogP contribution in [0.25, 0.3) is 0 Å². The molecule has 1 aromatic rings. The van der Waals surface area contributed by atoms with Crippen molar-refractivity contribution < 1.29 is 23.8 Å². The molecule has 0 fully saturated rings. The normalized spacial score (nSPS) is 21.2. The van der Waals surface area contributed by atoms with Gasteiger partial charge in [0, 0.05) is 18.4 Å². The van der Waals surface area contributed by atoms with Crippen molar-refractivity contribution in [3.8, 4) is 11.8 Å². The molecule has 0 bridgehead atoms. The molecule has 26 heavy (non-hydrogen) atoms. The lowest BCUT2D eigenvalue weighted by Gasteiger charge is -2.34. The van der Waals surface area contributed by atoms with E-state index in [0.717, 1.165) is 0 Å². The number of rotatable bonds is 4. The number of ether oxygens (including phenoxy) is 3. The number of fused-ring (bicyclic) bond motifs is 2. The topological polar surface area (TPSA) is 124 Å². The molecular weight excluding hydrogens is 338 g/mol. The number of benzene rings is 1. The highest BCUT2D eigenvalue weighted by atomic mass is 16.6. The fraction of sp³-hybridized carbons (Fsp3) is 0.278. The summed E-state index contributed by atoms with van der Waals surface area (Å²) in [6.07, 6.45) is 0. The maximum absolute atomic E-state index is 13.0. The van der Waals surface area contributed by atoms with Crippen LogP contribution in [0.1, 0.15) is 12.5 Å². The summed E-state index contributed by atoms with van der Waals surface area (Å²) >= 11 is 0. The maximum Gasteiger partial charge on any atom is 0.337 e. The SMILES string of the molecule is COCCOC(=O)C1=C(C)NC(=O)[C@@]12C(C#N)=C(N)Oc1ccccc12. The van der Waals surface area contributed by atoms with Crippen LogP contribution in [0.3, 0.4) is 0 Å². The van der Waals surface area contributed by atoms with Gasteiger partial charge in [-0.3, -0.25) is 4.79 Å². The molecule has 1 atom stereocenters. The van der Waals surface area contributed by atoms with Crippen LogP contribution in [0.4, 0.5) is 0 Å². The van der Waals surface area contributed by atoms with Crippen molar-refractivity contribution in [2.24, 2.45) is 5.73 Å². The molecule has 8 nitrogen and oxygen atoms in total. The van der Waals surface area contributed by atoms with Gasteiger partial charge in [0.2, 0.25) is 11.8 Å². The molecule has 0 unspecified atom stereocenters. The van der Waals surface area contributed by atoms with Gasteiger partial charge in [-0.05, 0) is 13.0 Å². The van der Waals surface area contributed by atoms with Crippen LogP contribution in [0.2, 0.25) is 0 Å². The number of carbonyl (C=O) groups is 2. The zero-order valence-electron chi connectivity index (χ0n) is 14.3. The van der Waals surface area contributed by atoms with Gasteiger partial charge < -0.3 is 25.3 Å². The molecule has 2 heterocycles. The Morgan fingerprint density at radius 1 is 1.38 bits per heavy atom. The predicted molar refractivity (Wildman–Crippen MR) is 89.3 cm³/mol. The minimum Gasteiger partial charge on any atom is -0.460 e. The van der Waals surface area contributed by atoms with Crippen molar-refractivity contribution in [2.75, 3.05) is 20.3 Å². The van der Waals surface area contributed by atoms with E-state index < -0.39 is 17.3 Å². The maximum atomic E-state index is 13.0. The lowest BCUT2D eigenvalue weighted by atomic mass is 9.68. The second-order valence-corrected chi connectivity index (χ2v) is 5.78. The minimum absolute atomic E-state index is 0.00954. The number of allylic oxidation sites excluding steroid dienone is 1. The number of esters is 1. The quantitative estimate of drug-likeness (QED) is 0.599. The zero-order valence-corrected chi connectivity index (χ0v) is 14.3. The van der Waals surface area contributed by atoms with E-state index in [-0.39, 0.29) is 30.2 Å². The van der Waals surface area contributed by atoms with Crippen LogP contribution in [0.15, 0.2) is 47.0 Å². The van der Waals surface area contributed by atoms with E-state index in [2.05, 4.69) is 5.32 Å². The molecule has 1 spiro atoms. The summed E-state index contributed by atoms with van der Waals surface area (Å²) in [5, 5.41) is 12.3. The van der Waals surface area contributed by atoms with E-state index in [1.165, 1.54) is 7.11 Å². The third-order valence-electron chi connectivity index (χ3n) is 4.36. The molecule has 134 valence electrons. The molecule has 0 aliphatic carbocycles. The van der Waals surface area contributed by atoms with Crippen molar-refractivity contribution in [2.45, 2.75) is 12.3 Å². The predicted octanol–water partition coefficient (Wildman–Crippen LogP) is 0.604. The van der Waals surface area contributed by atoms with E-state index in [1.54, 1.807) is 31.2 Å². The van der Waals surface area contributed by atoms with Gasteiger partial charge in [0.15, 0.2) is 5.41 Å². The second-order valence-electron chi connectivity index (χ2n) is 5.78. The van der Waals surface area contributed by atoms with Gasteiger partial charge in [-0.25, -0.2) is 4.79 Å². The average molecular weight is 355 g/mol. The Balaban J connectivity index is 2.23. The van der Waals surface area contributed by atoms with Gasteiger partial charge in [0.05, 0.1) is 12.2 Å². The van der Waals surface area contributed by atoms with Gasteiger partial charge in [-0.15, -0.1) is 0 Å². The first kappa shape index (κ1) is 17.5. The number of nitrogens with one attached hydrogen (secondary N) is 1. The molecule has 1 amide bonds.